The van der Waals surface area contributed by atoms with Crippen LogP contribution >= 0.6 is 22.6 Å². The van der Waals surface area contributed by atoms with Crippen molar-refractivity contribution in [1.29, 1.82) is 10.5 Å². The van der Waals surface area contributed by atoms with Gasteiger partial charge in [-0.2, -0.15) is 20.0 Å². The van der Waals surface area contributed by atoms with E-state index in [1.807, 2.05) is 19.9 Å². The second-order valence-corrected chi connectivity index (χ2v) is 9.06. The highest BCUT2D eigenvalue weighted by molar-refractivity contribution is 14.1. The third kappa shape index (κ3) is 4.98. The minimum absolute atomic E-state index is 0.278. The lowest BCUT2D eigenvalue weighted by molar-refractivity contribution is -0.122. The van der Waals surface area contributed by atoms with Gasteiger partial charge in [-0.3, -0.25) is 9.69 Å². The summed E-state index contributed by atoms with van der Waals surface area (Å²) in [7, 11) is 0. The lowest BCUT2D eigenvalue weighted by atomic mass is 10.1. The third-order valence-electron chi connectivity index (χ3n) is 6.17. The normalized spacial score (nSPS) is 14.8. The van der Waals surface area contributed by atoms with Gasteiger partial charge in [-0.05, 0) is 26.0 Å². The van der Waals surface area contributed by atoms with Gasteiger partial charge in [-0.1, -0.05) is 22.6 Å². The Morgan fingerprint density at radius 2 is 2.00 bits per heavy atom. The van der Waals surface area contributed by atoms with Crippen molar-refractivity contribution in [3.63, 3.8) is 0 Å². The largest absolute Gasteiger partial charge is 0.369 e. The first kappa shape index (κ1) is 25.4. The lowest BCUT2D eigenvalue weighted by Crippen LogP contribution is -2.53. The van der Waals surface area contributed by atoms with Crippen LogP contribution in [0.1, 0.15) is 30.7 Å². The Morgan fingerprint density at radius 3 is 2.61 bits per heavy atom. The van der Waals surface area contributed by atoms with E-state index in [-0.39, 0.29) is 17.9 Å². The second-order valence-electron chi connectivity index (χ2n) is 8.30. The number of rotatable bonds is 8. The molecule has 1 fully saturated rings. The van der Waals surface area contributed by atoms with Crippen molar-refractivity contribution < 1.29 is 4.79 Å². The van der Waals surface area contributed by atoms with Crippen LogP contribution in [0.4, 0.5) is 23.1 Å². The molecule has 4 rings (SSSR count). The first-order valence-electron chi connectivity index (χ1n) is 11.5. The van der Waals surface area contributed by atoms with E-state index >= 15 is 0 Å². The number of anilines is 4. The van der Waals surface area contributed by atoms with Gasteiger partial charge < -0.3 is 21.3 Å². The smallest absolute Gasteiger partial charge is 0.247 e. The summed E-state index contributed by atoms with van der Waals surface area (Å²) in [5.41, 5.74) is 9.41. The summed E-state index contributed by atoms with van der Waals surface area (Å²) in [6.07, 6.45) is 1.46. The number of nitrogens with zero attached hydrogens (tertiary/aromatic N) is 8. The summed E-state index contributed by atoms with van der Waals surface area (Å²) in [5, 5.41) is 30.1. The molecule has 1 saturated heterocycles. The maximum Gasteiger partial charge on any atom is 0.247 e. The van der Waals surface area contributed by atoms with E-state index in [9.17, 15) is 15.3 Å². The molecule has 12 nitrogen and oxygen atoms in total. The number of fused-ring (bicyclic) bond motifs is 1. The Hall–Kier alpha value is -3.69. The summed E-state index contributed by atoms with van der Waals surface area (Å²) in [4.78, 5) is 24.7. The quantitative estimate of drug-likeness (QED) is 0.258. The Kier molecular flexibility index (Phi) is 7.71. The molecule has 0 radical (unpaired) electrons. The first-order valence-corrected chi connectivity index (χ1v) is 13.0. The second kappa shape index (κ2) is 10.9. The molecule has 0 bridgehead atoms. The molecule has 0 unspecified atom stereocenters. The number of carbonyl (C=O) groups is 1. The number of benzene rings is 1. The molecular weight excluding hydrogens is 573 g/mol. The average molecular weight is 599 g/mol. The van der Waals surface area contributed by atoms with Gasteiger partial charge in [0.25, 0.3) is 0 Å². The van der Waals surface area contributed by atoms with Gasteiger partial charge in [0.05, 0.1) is 23.9 Å². The fourth-order valence-electron chi connectivity index (χ4n) is 4.20. The summed E-state index contributed by atoms with van der Waals surface area (Å²) >= 11 is 2.30. The van der Waals surface area contributed by atoms with Crippen molar-refractivity contribution in [2.24, 2.45) is 5.73 Å². The Bertz CT molecular complexity index is 1370. The topological polar surface area (TPSA) is 164 Å². The molecule has 2 aromatic heterocycles. The molecule has 186 valence electrons. The monoisotopic (exact) mass is 599 g/mol. The van der Waals surface area contributed by atoms with Gasteiger partial charge in [0, 0.05) is 54.1 Å². The number of alkyl halides is 1. The van der Waals surface area contributed by atoms with Crippen LogP contribution < -0.4 is 21.3 Å². The van der Waals surface area contributed by atoms with Gasteiger partial charge in [0.1, 0.15) is 6.07 Å². The number of nitrogens with one attached hydrogen (secondary N) is 2. The zero-order valence-corrected chi connectivity index (χ0v) is 22.2. The third-order valence-corrected chi connectivity index (χ3v) is 6.93. The van der Waals surface area contributed by atoms with Crippen LogP contribution in [0.5, 0.6) is 0 Å². The molecule has 4 N–H and O–H groups in total. The molecule has 0 spiro atoms. The van der Waals surface area contributed by atoms with Gasteiger partial charge in [0.15, 0.2) is 17.2 Å². The number of hydrogen-bond donors (Lipinski definition) is 3. The van der Waals surface area contributed by atoms with Crippen molar-refractivity contribution in [2.45, 2.75) is 24.3 Å². The highest BCUT2D eigenvalue weighted by Crippen LogP contribution is 2.34. The van der Waals surface area contributed by atoms with Gasteiger partial charge >= 0.3 is 0 Å². The van der Waals surface area contributed by atoms with Crippen molar-refractivity contribution >= 4 is 57.3 Å². The number of piperazine rings is 1. The minimum atomic E-state index is -0.333. The highest BCUT2D eigenvalue weighted by Gasteiger charge is 2.26. The number of primary amides is 1. The van der Waals surface area contributed by atoms with Crippen LogP contribution in [0.2, 0.25) is 0 Å². The van der Waals surface area contributed by atoms with E-state index in [0.717, 1.165) is 11.3 Å². The molecule has 1 aromatic carbocycles. The van der Waals surface area contributed by atoms with Crippen molar-refractivity contribution in [1.82, 2.24) is 24.5 Å². The number of hydrogen-bond acceptors (Lipinski definition) is 10. The first-order chi connectivity index (χ1) is 17.4. The summed E-state index contributed by atoms with van der Waals surface area (Å²) in [6, 6.07) is 7.69. The molecule has 1 aliphatic heterocycles. The van der Waals surface area contributed by atoms with E-state index in [1.165, 1.54) is 10.7 Å². The van der Waals surface area contributed by atoms with Crippen molar-refractivity contribution in [2.75, 3.05) is 48.3 Å². The van der Waals surface area contributed by atoms with Crippen LogP contribution in [0.15, 0.2) is 18.3 Å². The molecule has 1 amide bonds. The van der Waals surface area contributed by atoms with E-state index in [1.54, 1.807) is 6.07 Å². The lowest BCUT2D eigenvalue weighted by Gasteiger charge is -2.39. The number of nitrogens with two attached hydrogens (primary N) is 1. The van der Waals surface area contributed by atoms with Crippen LogP contribution in [-0.2, 0) is 9.22 Å². The predicted octanol–water partition coefficient (Wildman–Crippen LogP) is 1.97. The molecule has 13 heteroatoms. The Balaban J connectivity index is 1.70. The zero-order chi connectivity index (χ0) is 25.8. The van der Waals surface area contributed by atoms with Crippen molar-refractivity contribution in [3.8, 4) is 12.1 Å². The number of halogens is 1. The molecule has 3 aromatic rings. The van der Waals surface area contributed by atoms with Crippen LogP contribution in [-0.4, -0.2) is 69.2 Å². The molecule has 1 atom stereocenters. The van der Waals surface area contributed by atoms with E-state index in [0.29, 0.717) is 65.6 Å². The molecular formula is C23H26IN11O. The number of nitriles is 2. The zero-order valence-electron chi connectivity index (χ0n) is 20.0. The molecule has 0 saturated carbocycles. The summed E-state index contributed by atoms with van der Waals surface area (Å²) in [6.45, 7) is 7.16. The van der Waals surface area contributed by atoms with E-state index in [4.69, 9.17) is 5.73 Å². The summed E-state index contributed by atoms with van der Waals surface area (Å²) < 4.78 is 2.13. The summed E-state index contributed by atoms with van der Waals surface area (Å²) in [5.74, 6) is 0.449. The van der Waals surface area contributed by atoms with Gasteiger partial charge in [0.2, 0.25) is 11.9 Å². The van der Waals surface area contributed by atoms with E-state index < -0.39 is 0 Å². The molecule has 36 heavy (non-hydrogen) atoms. The van der Waals surface area contributed by atoms with Crippen molar-refractivity contribution in [3.05, 3.63) is 35.2 Å². The van der Waals surface area contributed by atoms with Crippen LogP contribution in [0.25, 0.3) is 5.65 Å². The predicted molar refractivity (Wildman–Crippen MR) is 144 cm³/mol. The maximum absolute atomic E-state index is 11.6. The molecule has 0 aliphatic carbocycles. The number of aromatic nitrogens is 4. The minimum Gasteiger partial charge on any atom is -0.369 e. The Labute approximate surface area is 222 Å². The number of amides is 1. The fraction of sp³-hybridized carbons (Fsp3) is 0.391. The standard InChI is InChI=1S/C23H26IN11O/c1-3-28-21-22-29-13-16(12-26)35(22)32-23(31-21)30-18-8-15(11-25)9-19(17(18)10-24)34-6-4-33(5-7-34)14(2)20(27)36/h8-9,13-14H,3-7,10H2,1-2H3,(H2,27,36)(H2,28,30,31,32)/t14-/m0/s1. The van der Waals surface area contributed by atoms with Gasteiger partial charge in [-0.25, -0.2) is 4.98 Å². The highest BCUT2D eigenvalue weighted by atomic mass is 127. The average Bonchev–Trinajstić information content (AvgIpc) is 3.31. The SMILES string of the molecule is CCNc1nc(Nc2cc(C#N)cc(N3CCN([C@@H](C)C(N)=O)CC3)c2CI)nn2c(C#N)cnc12. The molecule has 3 heterocycles. The van der Waals surface area contributed by atoms with E-state index in [2.05, 4.69) is 70.2 Å². The number of carbonyl (C=O) groups excluding carboxylic acids is 1. The maximum atomic E-state index is 11.6. The number of imidazole rings is 1. The fourth-order valence-corrected chi connectivity index (χ4v) is 5.00. The molecule has 1 aliphatic rings. The van der Waals surface area contributed by atoms with Crippen LogP contribution in [0, 0.1) is 22.7 Å². The van der Waals surface area contributed by atoms with Crippen LogP contribution in [0.3, 0.4) is 0 Å². The van der Waals surface area contributed by atoms with Gasteiger partial charge in [-0.15, -0.1) is 5.10 Å². The Morgan fingerprint density at radius 1 is 1.25 bits per heavy atom.